The maximum atomic E-state index is 11.5. The summed E-state index contributed by atoms with van der Waals surface area (Å²) in [5.74, 6) is 0.667. The second-order valence-electron chi connectivity index (χ2n) is 10.2. The number of aromatic nitrogens is 4. The minimum Gasteiger partial charge on any atom is -0.508 e. The number of aryl methyl sites for hydroxylation is 1. The van der Waals surface area contributed by atoms with Crippen molar-refractivity contribution >= 4 is 5.97 Å². The van der Waals surface area contributed by atoms with Crippen molar-refractivity contribution in [2.75, 3.05) is 26.2 Å². The average molecular weight is 533 g/mol. The highest BCUT2D eigenvalue weighted by molar-refractivity contribution is 5.69. The number of carbonyl (C=O) groups is 1. The Morgan fingerprint density at radius 2 is 1.92 bits per heavy atom. The molecule has 4 rings (SSSR count). The summed E-state index contributed by atoms with van der Waals surface area (Å²) >= 11 is 0. The molecule has 2 aromatic carbocycles. The minimum absolute atomic E-state index is 0.00230. The SMILES string of the molecule is C=CCN1C[C@H](C)N([C@H](c2ccc(-c3nnn(CCCCC(=O)OCC)n3)cc2)c2cccc(O)c2)C[C@H]1C. The van der Waals surface area contributed by atoms with Gasteiger partial charge in [-0.3, -0.25) is 14.6 Å². The Morgan fingerprint density at radius 1 is 1.13 bits per heavy atom. The van der Waals surface area contributed by atoms with Crippen LogP contribution in [0.2, 0.25) is 0 Å². The van der Waals surface area contributed by atoms with Gasteiger partial charge in [0.25, 0.3) is 0 Å². The predicted molar refractivity (Wildman–Crippen MR) is 151 cm³/mol. The first-order chi connectivity index (χ1) is 18.9. The normalized spacial score (nSPS) is 19.1. The molecule has 0 saturated carbocycles. The number of hydrogen-bond donors (Lipinski definition) is 1. The second-order valence-corrected chi connectivity index (χ2v) is 10.2. The standard InChI is InChI=1S/C30H40N6O3/c1-5-17-34-20-23(4)35(21-22(34)3)29(26-10-9-11-27(37)19-26)24-13-15-25(16-14-24)30-31-33-36(32-30)18-8-7-12-28(38)39-6-2/h5,9-11,13-16,19,22-23,29,37H,1,6-8,12,17-18,20-21H2,2-4H3/t22-,23+,29-/m1/s1. The van der Waals surface area contributed by atoms with Crippen molar-refractivity contribution in [1.82, 2.24) is 30.0 Å². The zero-order valence-electron chi connectivity index (χ0n) is 23.2. The van der Waals surface area contributed by atoms with Gasteiger partial charge in [0.05, 0.1) is 19.2 Å². The number of piperazine rings is 1. The van der Waals surface area contributed by atoms with Gasteiger partial charge in [0.1, 0.15) is 5.75 Å². The van der Waals surface area contributed by atoms with Crippen LogP contribution in [0.15, 0.2) is 61.2 Å². The molecule has 9 nitrogen and oxygen atoms in total. The summed E-state index contributed by atoms with van der Waals surface area (Å²) in [5.41, 5.74) is 3.10. The van der Waals surface area contributed by atoms with Gasteiger partial charge in [-0.05, 0) is 62.1 Å². The third kappa shape index (κ3) is 7.30. The lowest BCUT2D eigenvalue weighted by Gasteiger charge is -2.47. The largest absolute Gasteiger partial charge is 0.508 e. The van der Waals surface area contributed by atoms with Crippen LogP contribution in [0.1, 0.15) is 57.2 Å². The van der Waals surface area contributed by atoms with Gasteiger partial charge in [-0.15, -0.1) is 16.8 Å². The lowest BCUT2D eigenvalue weighted by molar-refractivity contribution is -0.143. The molecule has 0 radical (unpaired) electrons. The highest BCUT2D eigenvalue weighted by atomic mass is 16.5. The van der Waals surface area contributed by atoms with E-state index < -0.39 is 0 Å². The first-order valence-corrected chi connectivity index (χ1v) is 13.8. The van der Waals surface area contributed by atoms with Gasteiger partial charge >= 0.3 is 5.97 Å². The number of esters is 1. The van der Waals surface area contributed by atoms with Crippen LogP contribution >= 0.6 is 0 Å². The summed E-state index contributed by atoms with van der Waals surface area (Å²) in [5, 5.41) is 23.2. The average Bonchev–Trinajstić information content (AvgIpc) is 3.39. The number of aromatic hydroxyl groups is 1. The molecule has 0 spiro atoms. The molecular formula is C30H40N6O3. The third-order valence-electron chi connectivity index (χ3n) is 7.28. The number of tetrazole rings is 1. The monoisotopic (exact) mass is 532 g/mol. The molecule has 1 fully saturated rings. The quantitative estimate of drug-likeness (QED) is 0.208. The lowest BCUT2D eigenvalue weighted by Crippen LogP contribution is -2.57. The zero-order chi connectivity index (χ0) is 27.8. The highest BCUT2D eigenvalue weighted by Gasteiger charge is 2.34. The maximum Gasteiger partial charge on any atom is 0.305 e. The third-order valence-corrected chi connectivity index (χ3v) is 7.28. The van der Waals surface area contributed by atoms with E-state index in [1.54, 1.807) is 10.9 Å². The molecule has 208 valence electrons. The fourth-order valence-corrected chi connectivity index (χ4v) is 5.30. The summed E-state index contributed by atoms with van der Waals surface area (Å²) in [7, 11) is 0. The summed E-state index contributed by atoms with van der Waals surface area (Å²) in [6.45, 7) is 14.0. The Hall–Kier alpha value is -3.56. The molecule has 0 aliphatic carbocycles. The van der Waals surface area contributed by atoms with Crippen molar-refractivity contribution in [3.63, 3.8) is 0 Å². The van der Waals surface area contributed by atoms with E-state index in [1.165, 1.54) is 0 Å². The van der Waals surface area contributed by atoms with Crippen LogP contribution in [0.5, 0.6) is 5.75 Å². The van der Waals surface area contributed by atoms with Crippen LogP contribution in [-0.2, 0) is 16.1 Å². The van der Waals surface area contributed by atoms with E-state index in [0.29, 0.717) is 37.5 Å². The Morgan fingerprint density at radius 3 is 2.64 bits per heavy atom. The fourth-order valence-electron chi connectivity index (χ4n) is 5.30. The number of hydrogen-bond acceptors (Lipinski definition) is 8. The first-order valence-electron chi connectivity index (χ1n) is 13.8. The van der Waals surface area contributed by atoms with Gasteiger partial charge < -0.3 is 9.84 Å². The van der Waals surface area contributed by atoms with E-state index in [2.05, 4.69) is 63.8 Å². The molecule has 1 N–H and O–H groups in total. The van der Waals surface area contributed by atoms with Crippen LogP contribution < -0.4 is 0 Å². The number of rotatable bonds is 12. The number of phenols is 1. The van der Waals surface area contributed by atoms with Crippen molar-refractivity contribution in [2.45, 2.75) is 64.7 Å². The summed E-state index contributed by atoms with van der Waals surface area (Å²) in [6, 6.07) is 16.6. The van der Waals surface area contributed by atoms with Gasteiger partial charge in [-0.2, -0.15) is 4.80 Å². The lowest BCUT2D eigenvalue weighted by atomic mass is 9.92. The van der Waals surface area contributed by atoms with E-state index in [1.807, 2.05) is 37.3 Å². The molecule has 3 aromatic rings. The Balaban J connectivity index is 1.49. The topological polar surface area (TPSA) is 96.6 Å². The molecule has 39 heavy (non-hydrogen) atoms. The van der Waals surface area contributed by atoms with Gasteiger partial charge in [0, 0.05) is 43.7 Å². The second kappa shape index (κ2) is 13.5. The molecule has 3 atom stereocenters. The van der Waals surface area contributed by atoms with Crippen molar-refractivity contribution < 1.29 is 14.6 Å². The number of benzene rings is 2. The van der Waals surface area contributed by atoms with Crippen LogP contribution in [0.3, 0.4) is 0 Å². The molecule has 1 aliphatic heterocycles. The predicted octanol–water partition coefficient (Wildman–Crippen LogP) is 4.45. The van der Waals surface area contributed by atoms with E-state index in [4.69, 9.17) is 4.74 Å². The fraction of sp³-hybridized carbons (Fsp3) is 0.467. The Bertz CT molecular complexity index is 1230. The van der Waals surface area contributed by atoms with E-state index in [0.717, 1.165) is 49.2 Å². The smallest absolute Gasteiger partial charge is 0.305 e. The number of phenolic OH excluding ortho intramolecular Hbond substituents is 1. The van der Waals surface area contributed by atoms with E-state index >= 15 is 0 Å². The Kier molecular flexibility index (Phi) is 9.84. The van der Waals surface area contributed by atoms with Crippen molar-refractivity contribution in [2.24, 2.45) is 0 Å². The number of nitrogens with zero attached hydrogens (tertiary/aromatic N) is 6. The number of ether oxygens (including phenoxy) is 1. The molecule has 2 heterocycles. The van der Waals surface area contributed by atoms with Gasteiger partial charge in [-0.1, -0.05) is 42.5 Å². The van der Waals surface area contributed by atoms with Crippen molar-refractivity contribution in [3.05, 3.63) is 72.3 Å². The van der Waals surface area contributed by atoms with Gasteiger partial charge in [0.15, 0.2) is 0 Å². The maximum absolute atomic E-state index is 11.5. The molecule has 0 amide bonds. The molecular weight excluding hydrogens is 492 g/mol. The molecule has 1 aromatic heterocycles. The minimum atomic E-state index is -0.170. The van der Waals surface area contributed by atoms with E-state index in [9.17, 15) is 9.90 Å². The molecule has 9 heteroatoms. The van der Waals surface area contributed by atoms with Crippen LogP contribution in [0, 0.1) is 0 Å². The molecule has 1 aliphatic rings. The summed E-state index contributed by atoms with van der Waals surface area (Å²) in [4.78, 5) is 18.1. The van der Waals surface area contributed by atoms with Crippen LogP contribution in [0.25, 0.3) is 11.4 Å². The number of unbranched alkanes of at least 4 members (excludes halogenated alkanes) is 1. The van der Waals surface area contributed by atoms with Gasteiger partial charge in [-0.25, -0.2) is 0 Å². The summed E-state index contributed by atoms with van der Waals surface area (Å²) in [6.07, 6.45) is 3.87. The van der Waals surface area contributed by atoms with Crippen molar-refractivity contribution in [1.29, 1.82) is 0 Å². The van der Waals surface area contributed by atoms with E-state index in [-0.39, 0.29) is 17.8 Å². The Labute approximate surface area is 231 Å². The first kappa shape index (κ1) is 28.4. The molecule has 0 bridgehead atoms. The van der Waals surface area contributed by atoms with Crippen LogP contribution in [0.4, 0.5) is 0 Å². The molecule has 0 unspecified atom stereocenters. The van der Waals surface area contributed by atoms with Crippen LogP contribution in [-0.4, -0.2) is 79.4 Å². The highest BCUT2D eigenvalue weighted by Crippen LogP contribution is 2.35. The molecule has 1 saturated heterocycles. The van der Waals surface area contributed by atoms with Crippen molar-refractivity contribution in [3.8, 4) is 17.1 Å². The van der Waals surface area contributed by atoms with Gasteiger partial charge in [0.2, 0.25) is 5.82 Å². The number of carbonyl (C=O) groups excluding carboxylic acids is 1. The zero-order valence-corrected chi connectivity index (χ0v) is 23.2. The summed E-state index contributed by atoms with van der Waals surface area (Å²) < 4.78 is 4.97.